The summed E-state index contributed by atoms with van der Waals surface area (Å²) >= 11 is 0. The quantitative estimate of drug-likeness (QED) is 0.432. The van der Waals surface area contributed by atoms with E-state index in [1.165, 1.54) is 23.0 Å². The molecule has 0 fully saturated rings. The summed E-state index contributed by atoms with van der Waals surface area (Å²) in [5, 5.41) is 7.26. The summed E-state index contributed by atoms with van der Waals surface area (Å²) in [6.45, 7) is 4.42. The lowest BCUT2D eigenvalue weighted by atomic mass is 10.0. The first-order valence-corrected chi connectivity index (χ1v) is 13.3. The molecule has 0 atom stereocenters. The average Bonchev–Trinajstić information content (AvgIpc) is 3.30. The van der Waals surface area contributed by atoms with Gasteiger partial charge in [-0.15, -0.1) is 0 Å². The van der Waals surface area contributed by atoms with Gasteiger partial charge in [-0.3, -0.25) is 9.59 Å². The summed E-state index contributed by atoms with van der Waals surface area (Å²) < 4.78 is 26.8. The second kappa shape index (κ2) is 8.86. The standard InChI is InChI=1S/C24H25N7O4S/c1-15(2)27-24-28-20-13-29(22(32)16-8-11-30-21(12-16)25-14-26-30)10-9-19(20)23(33)31(24)17-4-6-18(7-5-17)36(3,34)35/h4-8,11-12,14-15H,9-10,13H2,1-3H3,(H,27,28). The van der Waals surface area contributed by atoms with Gasteiger partial charge in [0.1, 0.15) is 6.33 Å². The van der Waals surface area contributed by atoms with Crippen LogP contribution >= 0.6 is 0 Å². The zero-order chi connectivity index (χ0) is 25.6. The van der Waals surface area contributed by atoms with Crippen molar-refractivity contribution in [1.82, 2.24) is 29.0 Å². The largest absolute Gasteiger partial charge is 0.353 e. The summed E-state index contributed by atoms with van der Waals surface area (Å²) in [6.07, 6.45) is 4.60. The first-order chi connectivity index (χ1) is 17.1. The number of hydrogen-bond donors (Lipinski definition) is 1. The summed E-state index contributed by atoms with van der Waals surface area (Å²) in [4.78, 5) is 37.5. The van der Waals surface area contributed by atoms with Gasteiger partial charge in [-0.25, -0.2) is 27.5 Å². The van der Waals surface area contributed by atoms with Gasteiger partial charge in [-0.1, -0.05) is 0 Å². The van der Waals surface area contributed by atoms with Crippen molar-refractivity contribution in [2.75, 3.05) is 18.1 Å². The van der Waals surface area contributed by atoms with Crippen LogP contribution in [0, 0.1) is 0 Å². The van der Waals surface area contributed by atoms with E-state index in [4.69, 9.17) is 4.98 Å². The number of rotatable bonds is 5. The molecule has 5 rings (SSSR count). The number of carbonyl (C=O) groups excluding carboxylic acids is 1. The van der Waals surface area contributed by atoms with Gasteiger partial charge in [0.2, 0.25) is 5.95 Å². The van der Waals surface area contributed by atoms with Crippen LogP contribution in [0.4, 0.5) is 5.95 Å². The maximum absolute atomic E-state index is 13.6. The van der Waals surface area contributed by atoms with E-state index in [2.05, 4.69) is 15.4 Å². The van der Waals surface area contributed by atoms with Crippen molar-refractivity contribution in [1.29, 1.82) is 0 Å². The van der Waals surface area contributed by atoms with Gasteiger partial charge in [0.05, 0.1) is 22.8 Å². The highest BCUT2D eigenvalue weighted by Gasteiger charge is 2.27. The van der Waals surface area contributed by atoms with Crippen LogP contribution < -0.4 is 10.9 Å². The van der Waals surface area contributed by atoms with E-state index in [0.29, 0.717) is 47.1 Å². The number of fused-ring (bicyclic) bond motifs is 2. The third kappa shape index (κ3) is 4.35. The van der Waals surface area contributed by atoms with Gasteiger partial charge >= 0.3 is 0 Å². The van der Waals surface area contributed by atoms with Crippen LogP contribution in [0.1, 0.15) is 35.5 Å². The molecule has 36 heavy (non-hydrogen) atoms. The first-order valence-electron chi connectivity index (χ1n) is 11.4. The molecule has 0 aliphatic carbocycles. The maximum atomic E-state index is 13.6. The lowest BCUT2D eigenvalue weighted by molar-refractivity contribution is 0.0731. The molecule has 0 unspecified atom stereocenters. The molecule has 12 heteroatoms. The molecule has 4 heterocycles. The van der Waals surface area contributed by atoms with E-state index in [1.54, 1.807) is 39.9 Å². The van der Waals surface area contributed by atoms with Crippen molar-refractivity contribution in [3.63, 3.8) is 0 Å². The number of carbonyl (C=O) groups is 1. The van der Waals surface area contributed by atoms with E-state index in [1.807, 2.05) is 13.8 Å². The fourth-order valence-corrected chi connectivity index (χ4v) is 4.86. The highest BCUT2D eigenvalue weighted by molar-refractivity contribution is 7.90. The van der Waals surface area contributed by atoms with Gasteiger partial charge in [-0.05, 0) is 56.7 Å². The normalized spacial score (nSPS) is 13.7. The third-order valence-electron chi connectivity index (χ3n) is 5.99. The molecule has 11 nitrogen and oxygen atoms in total. The topological polar surface area (TPSA) is 132 Å². The van der Waals surface area contributed by atoms with Gasteiger partial charge in [0.25, 0.3) is 11.5 Å². The van der Waals surface area contributed by atoms with Crippen molar-refractivity contribution in [2.45, 2.75) is 37.8 Å². The predicted octanol–water partition coefficient (Wildman–Crippen LogP) is 1.70. The minimum absolute atomic E-state index is 0.0206. The Labute approximate surface area is 207 Å². The Balaban J connectivity index is 1.52. The van der Waals surface area contributed by atoms with Crippen LogP contribution in [0.3, 0.4) is 0 Å². The molecule has 0 spiro atoms. The number of sulfone groups is 1. The Morgan fingerprint density at radius 2 is 1.89 bits per heavy atom. The zero-order valence-corrected chi connectivity index (χ0v) is 20.9. The monoisotopic (exact) mass is 507 g/mol. The Morgan fingerprint density at radius 1 is 1.14 bits per heavy atom. The maximum Gasteiger partial charge on any atom is 0.263 e. The number of hydrogen-bond acceptors (Lipinski definition) is 8. The number of anilines is 1. The molecule has 4 aromatic rings. The number of nitrogens with one attached hydrogen (secondary N) is 1. The Kier molecular flexibility index (Phi) is 5.83. The first kappa shape index (κ1) is 23.7. The van der Waals surface area contributed by atoms with Crippen LogP contribution in [0.25, 0.3) is 11.3 Å². The summed E-state index contributed by atoms with van der Waals surface area (Å²) in [7, 11) is -3.37. The van der Waals surface area contributed by atoms with E-state index in [-0.39, 0.29) is 28.9 Å². The van der Waals surface area contributed by atoms with Crippen LogP contribution in [0.15, 0.2) is 58.6 Å². The lowest BCUT2D eigenvalue weighted by Gasteiger charge is -2.29. The number of amides is 1. The molecular weight excluding hydrogens is 482 g/mol. The molecule has 1 aliphatic heterocycles. The second-order valence-electron chi connectivity index (χ2n) is 9.02. The van der Waals surface area contributed by atoms with Gasteiger partial charge in [0, 0.05) is 36.2 Å². The molecule has 0 saturated heterocycles. The Morgan fingerprint density at radius 3 is 2.58 bits per heavy atom. The van der Waals surface area contributed by atoms with Crippen LogP contribution in [0.2, 0.25) is 0 Å². The van der Waals surface area contributed by atoms with Crippen molar-refractivity contribution in [3.05, 3.63) is 76.1 Å². The van der Waals surface area contributed by atoms with E-state index in [9.17, 15) is 18.0 Å². The van der Waals surface area contributed by atoms with Crippen molar-refractivity contribution in [3.8, 4) is 5.69 Å². The third-order valence-corrected chi connectivity index (χ3v) is 7.12. The lowest BCUT2D eigenvalue weighted by Crippen LogP contribution is -2.41. The molecule has 1 amide bonds. The fraction of sp³-hybridized carbons (Fsp3) is 0.292. The van der Waals surface area contributed by atoms with E-state index in [0.717, 1.165) is 6.26 Å². The second-order valence-corrected chi connectivity index (χ2v) is 11.0. The fourth-order valence-electron chi connectivity index (χ4n) is 4.23. The van der Waals surface area contributed by atoms with Gasteiger partial charge in [0.15, 0.2) is 15.5 Å². The van der Waals surface area contributed by atoms with Gasteiger partial charge < -0.3 is 10.2 Å². The molecule has 0 radical (unpaired) electrons. The van der Waals surface area contributed by atoms with Crippen molar-refractivity contribution < 1.29 is 13.2 Å². The molecule has 1 N–H and O–H groups in total. The van der Waals surface area contributed by atoms with Crippen molar-refractivity contribution in [2.24, 2.45) is 0 Å². The van der Waals surface area contributed by atoms with Crippen LogP contribution in [-0.4, -0.2) is 62.2 Å². The highest BCUT2D eigenvalue weighted by atomic mass is 32.2. The molecule has 1 aromatic carbocycles. The summed E-state index contributed by atoms with van der Waals surface area (Å²) in [5.41, 5.74) is 2.39. The highest BCUT2D eigenvalue weighted by Crippen LogP contribution is 2.22. The number of pyridine rings is 1. The molecular formula is C24H25N7O4S. The minimum atomic E-state index is -3.37. The minimum Gasteiger partial charge on any atom is -0.353 e. The molecule has 3 aromatic heterocycles. The predicted molar refractivity (Wildman–Crippen MR) is 133 cm³/mol. The Hall–Kier alpha value is -4.06. The van der Waals surface area contributed by atoms with Gasteiger partial charge in [-0.2, -0.15) is 5.10 Å². The molecule has 0 bridgehead atoms. The van der Waals surface area contributed by atoms with Crippen molar-refractivity contribution >= 4 is 27.3 Å². The number of benzene rings is 1. The molecule has 0 saturated carbocycles. The smallest absolute Gasteiger partial charge is 0.263 e. The van der Waals surface area contributed by atoms with E-state index < -0.39 is 9.84 Å². The molecule has 186 valence electrons. The van der Waals surface area contributed by atoms with Crippen LogP contribution in [0.5, 0.6) is 0 Å². The SMILES string of the molecule is CC(C)Nc1nc2c(c(=O)n1-c1ccc(S(C)(=O)=O)cc1)CCN(C(=O)c1ccn3ncnc3c1)C2. The summed E-state index contributed by atoms with van der Waals surface area (Å²) in [6, 6.07) is 9.49. The van der Waals surface area contributed by atoms with Crippen LogP contribution in [-0.2, 0) is 22.8 Å². The molecule has 1 aliphatic rings. The number of aromatic nitrogens is 5. The average molecular weight is 508 g/mol. The summed E-state index contributed by atoms with van der Waals surface area (Å²) in [5.74, 6) is 0.159. The zero-order valence-electron chi connectivity index (χ0n) is 20.0. The Bertz CT molecular complexity index is 1640. The number of nitrogens with zero attached hydrogens (tertiary/aromatic N) is 6. The van der Waals surface area contributed by atoms with E-state index >= 15 is 0 Å².